The molecule has 3 heteroatoms. The Kier molecular flexibility index (Phi) is 4.32. The van der Waals surface area contributed by atoms with Crippen molar-refractivity contribution in [3.05, 3.63) is 59.7 Å². The number of hydrogen-bond acceptors (Lipinski definition) is 2. The lowest BCUT2D eigenvalue weighted by atomic mass is 9.84. The number of ether oxygens (including phenoxy) is 1. The molecular weight excluding hydrogens is 279 g/mol. The SMILES string of the molecule is COc1cccc(CC2C(F)CCC2c2ccc(O)cc2)c1. The zero-order chi connectivity index (χ0) is 15.5. The number of rotatable bonds is 4. The second kappa shape index (κ2) is 6.39. The van der Waals surface area contributed by atoms with Crippen LogP contribution in [-0.4, -0.2) is 18.4 Å². The Balaban J connectivity index is 1.81. The first-order valence-electron chi connectivity index (χ1n) is 7.73. The first kappa shape index (κ1) is 14.9. The van der Waals surface area contributed by atoms with Crippen LogP contribution in [0.2, 0.25) is 0 Å². The monoisotopic (exact) mass is 300 g/mol. The van der Waals surface area contributed by atoms with Crippen LogP contribution in [-0.2, 0) is 6.42 Å². The lowest BCUT2D eigenvalue weighted by Crippen LogP contribution is -2.17. The summed E-state index contributed by atoms with van der Waals surface area (Å²) >= 11 is 0. The molecule has 2 aromatic carbocycles. The summed E-state index contributed by atoms with van der Waals surface area (Å²) in [7, 11) is 1.64. The summed E-state index contributed by atoms with van der Waals surface area (Å²) in [6.07, 6.45) is 1.41. The van der Waals surface area contributed by atoms with Crippen LogP contribution >= 0.6 is 0 Å². The van der Waals surface area contributed by atoms with Crippen molar-refractivity contribution >= 4 is 0 Å². The minimum Gasteiger partial charge on any atom is -0.508 e. The fourth-order valence-electron chi connectivity index (χ4n) is 3.50. The van der Waals surface area contributed by atoms with Gasteiger partial charge in [0.05, 0.1) is 7.11 Å². The highest BCUT2D eigenvalue weighted by Gasteiger charge is 2.37. The third kappa shape index (κ3) is 3.08. The number of benzene rings is 2. The van der Waals surface area contributed by atoms with E-state index >= 15 is 0 Å². The lowest BCUT2D eigenvalue weighted by Gasteiger charge is -2.22. The van der Waals surface area contributed by atoms with Crippen LogP contribution in [0, 0.1) is 5.92 Å². The van der Waals surface area contributed by atoms with Gasteiger partial charge in [-0.15, -0.1) is 0 Å². The van der Waals surface area contributed by atoms with Crippen molar-refractivity contribution in [2.75, 3.05) is 7.11 Å². The van der Waals surface area contributed by atoms with Crippen LogP contribution < -0.4 is 4.74 Å². The van der Waals surface area contributed by atoms with Crippen LogP contribution in [0.5, 0.6) is 11.5 Å². The highest BCUT2D eigenvalue weighted by molar-refractivity contribution is 5.32. The number of hydrogen-bond donors (Lipinski definition) is 1. The summed E-state index contributed by atoms with van der Waals surface area (Å²) in [5, 5.41) is 9.42. The molecule has 116 valence electrons. The van der Waals surface area contributed by atoms with Crippen LogP contribution in [0.3, 0.4) is 0 Å². The predicted molar refractivity (Wildman–Crippen MR) is 85.2 cm³/mol. The largest absolute Gasteiger partial charge is 0.508 e. The second-order valence-electron chi connectivity index (χ2n) is 6.01. The molecule has 2 nitrogen and oxygen atoms in total. The van der Waals surface area contributed by atoms with Gasteiger partial charge in [-0.25, -0.2) is 4.39 Å². The van der Waals surface area contributed by atoms with Crippen molar-refractivity contribution in [2.45, 2.75) is 31.4 Å². The van der Waals surface area contributed by atoms with E-state index in [4.69, 9.17) is 4.74 Å². The first-order valence-corrected chi connectivity index (χ1v) is 7.73. The van der Waals surface area contributed by atoms with Gasteiger partial charge >= 0.3 is 0 Å². The molecule has 0 spiro atoms. The van der Waals surface area contributed by atoms with E-state index in [0.717, 1.165) is 23.3 Å². The van der Waals surface area contributed by atoms with Crippen molar-refractivity contribution in [1.82, 2.24) is 0 Å². The van der Waals surface area contributed by atoms with E-state index < -0.39 is 6.17 Å². The van der Waals surface area contributed by atoms with E-state index in [1.807, 2.05) is 36.4 Å². The van der Waals surface area contributed by atoms with Crippen LogP contribution in [0.25, 0.3) is 0 Å². The summed E-state index contributed by atoms with van der Waals surface area (Å²) < 4.78 is 19.6. The van der Waals surface area contributed by atoms with E-state index in [2.05, 4.69) is 0 Å². The van der Waals surface area contributed by atoms with Gasteiger partial charge in [-0.1, -0.05) is 24.3 Å². The number of phenolic OH excluding ortho intramolecular Hbond substituents is 1. The molecule has 0 aliphatic heterocycles. The molecule has 1 aliphatic carbocycles. The average Bonchev–Trinajstić information content (AvgIpc) is 2.89. The highest BCUT2D eigenvalue weighted by atomic mass is 19.1. The molecule has 3 rings (SSSR count). The van der Waals surface area contributed by atoms with E-state index in [1.165, 1.54) is 0 Å². The molecule has 3 unspecified atom stereocenters. The quantitative estimate of drug-likeness (QED) is 0.902. The zero-order valence-electron chi connectivity index (χ0n) is 12.7. The fraction of sp³-hybridized carbons (Fsp3) is 0.368. The first-order chi connectivity index (χ1) is 10.7. The summed E-state index contributed by atoms with van der Waals surface area (Å²) in [6.45, 7) is 0. The van der Waals surface area contributed by atoms with Gasteiger partial charge < -0.3 is 9.84 Å². The number of alkyl halides is 1. The molecule has 0 saturated heterocycles. The van der Waals surface area contributed by atoms with Crippen LogP contribution in [0.1, 0.15) is 29.9 Å². The number of methoxy groups -OCH3 is 1. The molecule has 1 fully saturated rings. The van der Waals surface area contributed by atoms with Gasteiger partial charge in [-0.05, 0) is 60.6 Å². The zero-order valence-corrected chi connectivity index (χ0v) is 12.7. The summed E-state index contributed by atoms with van der Waals surface area (Å²) in [4.78, 5) is 0. The van der Waals surface area contributed by atoms with Gasteiger partial charge in [-0.2, -0.15) is 0 Å². The third-order valence-corrected chi connectivity index (χ3v) is 4.66. The van der Waals surface area contributed by atoms with Gasteiger partial charge in [0, 0.05) is 5.92 Å². The topological polar surface area (TPSA) is 29.5 Å². The maximum atomic E-state index is 14.4. The van der Waals surface area contributed by atoms with Crippen molar-refractivity contribution in [1.29, 1.82) is 0 Å². The molecule has 0 radical (unpaired) electrons. The van der Waals surface area contributed by atoms with E-state index in [0.29, 0.717) is 12.8 Å². The standard InChI is InChI=1S/C19H21FO2/c1-22-16-4-2-3-13(11-16)12-18-17(9-10-19(18)20)14-5-7-15(21)8-6-14/h2-8,11,17-19,21H,9-10,12H2,1H3. The lowest BCUT2D eigenvalue weighted by molar-refractivity contribution is 0.250. The van der Waals surface area contributed by atoms with Crippen molar-refractivity contribution < 1.29 is 14.2 Å². The minimum absolute atomic E-state index is 0.0170. The highest BCUT2D eigenvalue weighted by Crippen LogP contribution is 2.43. The molecular formula is C19H21FO2. The molecule has 3 atom stereocenters. The second-order valence-corrected chi connectivity index (χ2v) is 6.01. The average molecular weight is 300 g/mol. The number of phenols is 1. The number of halogens is 1. The van der Waals surface area contributed by atoms with Gasteiger partial charge in [-0.3, -0.25) is 0 Å². The summed E-state index contributed by atoms with van der Waals surface area (Å²) in [5.41, 5.74) is 2.23. The maximum Gasteiger partial charge on any atom is 0.119 e. The molecule has 1 aliphatic rings. The van der Waals surface area contributed by atoms with Gasteiger partial charge in [0.25, 0.3) is 0 Å². The smallest absolute Gasteiger partial charge is 0.119 e. The Bertz CT molecular complexity index is 624. The Morgan fingerprint density at radius 2 is 1.91 bits per heavy atom. The molecule has 1 saturated carbocycles. The Morgan fingerprint density at radius 1 is 1.14 bits per heavy atom. The van der Waals surface area contributed by atoms with Crippen molar-refractivity contribution in [3.8, 4) is 11.5 Å². The van der Waals surface area contributed by atoms with Gasteiger partial charge in [0.2, 0.25) is 0 Å². The Morgan fingerprint density at radius 3 is 2.64 bits per heavy atom. The molecule has 1 N–H and O–H groups in total. The fourth-order valence-corrected chi connectivity index (χ4v) is 3.50. The van der Waals surface area contributed by atoms with Crippen LogP contribution in [0.15, 0.2) is 48.5 Å². The molecule has 2 aromatic rings. The Labute approximate surface area is 130 Å². The van der Waals surface area contributed by atoms with Crippen LogP contribution in [0.4, 0.5) is 4.39 Å². The van der Waals surface area contributed by atoms with E-state index in [1.54, 1.807) is 19.2 Å². The molecule has 0 amide bonds. The Hall–Kier alpha value is -2.03. The predicted octanol–water partition coefficient (Wildman–Crippen LogP) is 4.48. The minimum atomic E-state index is -0.773. The van der Waals surface area contributed by atoms with Crippen molar-refractivity contribution in [3.63, 3.8) is 0 Å². The maximum absolute atomic E-state index is 14.4. The third-order valence-electron chi connectivity index (χ3n) is 4.66. The number of aromatic hydroxyl groups is 1. The molecule has 0 heterocycles. The van der Waals surface area contributed by atoms with E-state index in [-0.39, 0.29) is 17.6 Å². The normalized spacial score (nSPS) is 24.4. The molecule has 22 heavy (non-hydrogen) atoms. The summed E-state index contributed by atoms with van der Waals surface area (Å²) in [6, 6.07) is 15.1. The van der Waals surface area contributed by atoms with Gasteiger partial charge in [0.15, 0.2) is 0 Å². The van der Waals surface area contributed by atoms with Crippen molar-refractivity contribution in [2.24, 2.45) is 5.92 Å². The molecule has 0 bridgehead atoms. The summed E-state index contributed by atoms with van der Waals surface area (Å²) in [5.74, 6) is 1.26. The molecule has 0 aromatic heterocycles. The van der Waals surface area contributed by atoms with E-state index in [9.17, 15) is 9.50 Å². The van der Waals surface area contributed by atoms with Gasteiger partial charge in [0.1, 0.15) is 17.7 Å².